The molecule has 0 rings (SSSR count). The van der Waals surface area contributed by atoms with E-state index in [1.165, 1.54) is 283 Å². The first-order valence-corrected chi connectivity index (χ1v) is 34.5. The highest BCUT2D eigenvalue weighted by Gasteiger charge is 2.24. The molecule has 8 nitrogen and oxygen atoms in total. The van der Waals surface area contributed by atoms with Gasteiger partial charge in [-0.2, -0.15) is 0 Å². The molecule has 1 amide bonds. The van der Waals surface area contributed by atoms with Crippen molar-refractivity contribution >= 4 is 13.7 Å². The van der Waals surface area contributed by atoms with Crippen LogP contribution < -0.4 is 10.2 Å². The van der Waals surface area contributed by atoms with E-state index in [0.717, 1.165) is 38.5 Å². The van der Waals surface area contributed by atoms with Crippen LogP contribution in [0.2, 0.25) is 0 Å². The van der Waals surface area contributed by atoms with Crippen LogP contribution in [0.1, 0.15) is 348 Å². The molecule has 3 atom stereocenters. The van der Waals surface area contributed by atoms with Gasteiger partial charge < -0.3 is 28.8 Å². The maximum Gasteiger partial charge on any atom is 0.268 e. The number of hydrogen-bond acceptors (Lipinski definition) is 6. The molecule has 0 heterocycles. The first-order valence-electron chi connectivity index (χ1n) is 33.0. The molecule has 0 saturated carbocycles. The van der Waals surface area contributed by atoms with Crippen molar-refractivity contribution in [2.75, 3.05) is 40.9 Å². The molecule has 0 saturated heterocycles. The zero-order chi connectivity index (χ0) is 54.2. The topological polar surface area (TPSA) is 108 Å². The Morgan fingerprint density at radius 2 is 0.743 bits per heavy atom. The summed E-state index contributed by atoms with van der Waals surface area (Å²) in [6.07, 6.45) is 71.6. The predicted molar refractivity (Wildman–Crippen MR) is 321 cm³/mol. The second kappa shape index (κ2) is 56.9. The third-order valence-corrected chi connectivity index (χ3v) is 16.5. The Bertz CT molecular complexity index is 1210. The highest BCUT2D eigenvalue weighted by atomic mass is 31.2. The number of allylic oxidation sites excluding steroid dienone is 2. The number of likely N-dealkylation sites (N-methyl/N-ethyl adjacent to an activating group) is 1. The Kier molecular flexibility index (Phi) is 56.4. The molecule has 0 radical (unpaired) electrons. The summed E-state index contributed by atoms with van der Waals surface area (Å²) in [5.74, 6) is -0.158. The summed E-state index contributed by atoms with van der Waals surface area (Å²) in [5.41, 5.74) is 0. The second-order valence-electron chi connectivity index (χ2n) is 24.2. The minimum Gasteiger partial charge on any atom is -0.756 e. The number of phosphoric acid groups is 1. The summed E-state index contributed by atoms with van der Waals surface area (Å²) >= 11 is 0. The van der Waals surface area contributed by atoms with E-state index in [-0.39, 0.29) is 19.1 Å². The van der Waals surface area contributed by atoms with Gasteiger partial charge in [0.1, 0.15) is 13.2 Å². The summed E-state index contributed by atoms with van der Waals surface area (Å²) in [7, 11) is 1.32. The molecule has 74 heavy (non-hydrogen) atoms. The normalized spacial score (nSPS) is 13.8. The maximum absolute atomic E-state index is 13.0. The van der Waals surface area contributed by atoms with Crippen LogP contribution in [0.4, 0.5) is 0 Å². The minimum atomic E-state index is -4.57. The third kappa shape index (κ3) is 58.9. The summed E-state index contributed by atoms with van der Waals surface area (Å²) in [5, 5.41) is 14.0. The van der Waals surface area contributed by atoms with Crippen LogP contribution >= 0.6 is 7.82 Å². The van der Waals surface area contributed by atoms with Crippen LogP contribution in [0.3, 0.4) is 0 Å². The fraction of sp³-hybridized carbons (Fsp3) is 0.954. The van der Waals surface area contributed by atoms with Crippen molar-refractivity contribution in [3.8, 4) is 0 Å². The molecular formula is C65H131N2O6P. The van der Waals surface area contributed by atoms with Gasteiger partial charge in [0, 0.05) is 6.42 Å². The van der Waals surface area contributed by atoms with E-state index in [4.69, 9.17) is 9.05 Å². The maximum atomic E-state index is 13.0. The van der Waals surface area contributed by atoms with Crippen LogP contribution in [0.25, 0.3) is 0 Å². The van der Waals surface area contributed by atoms with Gasteiger partial charge in [-0.15, -0.1) is 0 Å². The molecule has 0 spiro atoms. The first-order chi connectivity index (χ1) is 36.0. The monoisotopic (exact) mass is 1070 g/mol. The average molecular weight is 1070 g/mol. The second-order valence-corrected chi connectivity index (χ2v) is 25.6. The van der Waals surface area contributed by atoms with Crippen LogP contribution in [-0.2, 0) is 18.4 Å². The summed E-state index contributed by atoms with van der Waals surface area (Å²) in [4.78, 5) is 25.5. The number of aliphatic hydroxyl groups excluding tert-OH is 1. The molecule has 0 fully saturated rings. The number of nitrogens with zero attached hydrogens (tertiary/aromatic N) is 1. The number of quaternary nitrogens is 1. The lowest BCUT2D eigenvalue weighted by atomic mass is 10.0. The SMILES string of the molecule is CCCCCCCCCCCCCCCCCCCC/C=C\CCCCCCCCCCCCCCCCCCCC(=O)NC(COP(=O)([O-])OCC[N+](C)(C)C)C(O)CCCCCCCCCCCCCCC. The average Bonchev–Trinajstić information content (AvgIpc) is 3.36. The Balaban J connectivity index is 3.83. The minimum absolute atomic E-state index is 0.0152. The van der Waals surface area contributed by atoms with Gasteiger partial charge in [0.05, 0.1) is 39.9 Å². The molecular weight excluding hydrogens is 936 g/mol. The number of phosphoric ester groups is 1. The molecule has 9 heteroatoms. The lowest BCUT2D eigenvalue weighted by molar-refractivity contribution is -0.870. The van der Waals surface area contributed by atoms with Gasteiger partial charge >= 0.3 is 0 Å². The Morgan fingerprint density at radius 1 is 0.459 bits per heavy atom. The van der Waals surface area contributed by atoms with Crippen molar-refractivity contribution in [1.82, 2.24) is 5.32 Å². The number of hydrogen-bond donors (Lipinski definition) is 2. The van der Waals surface area contributed by atoms with Gasteiger partial charge in [-0.05, 0) is 38.5 Å². The molecule has 442 valence electrons. The number of rotatable bonds is 62. The first kappa shape index (κ1) is 73.2. The van der Waals surface area contributed by atoms with Crippen molar-refractivity contribution in [2.45, 2.75) is 360 Å². The number of carbonyl (C=O) groups excluding carboxylic acids is 1. The molecule has 2 N–H and O–H groups in total. The molecule has 3 unspecified atom stereocenters. The van der Waals surface area contributed by atoms with Gasteiger partial charge in [-0.3, -0.25) is 9.36 Å². The Labute approximate surface area is 462 Å². The molecule has 0 aliphatic heterocycles. The molecule has 0 aliphatic rings. The molecule has 0 aromatic carbocycles. The summed E-state index contributed by atoms with van der Waals surface area (Å²) < 4.78 is 23.4. The summed E-state index contributed by atoms with van der Waals surface area (Å²) in [6.45, 7) is 4.76. The Hall–Kier alpha value is -0.760. The van der Waals surface area contributed by atoms with Gasteiger partial charge in [-0.1, -0.05) is 315 Å². The number of nitrogens with one attached hydrogen (secondary N) is 1. The van der Waals surface area contributed by atoms with Crippen LogP contribution in [-0.4, -0.2) is 68.5 Å². The van der Waals surface area contributed by atoms with E-state index in [1.54, 1.807) is 0 Å². The predicted octanol–water partition coefficient (Wildman–Crippen LogP) is 19.9. The lowest BCUT2D eigenvalue weighted by Gasteiger charge is -2.30. The molecule has 0 aromatic heterocycles. The highest BCUT2D eigenvalue weighted by Crippen LogP contribution is 2.38. The van der Waals surface area contributed by atoms with E-state index < -0.39 is 20.0 Å². The number of amides is 1. The fourth-order valence-corrected chi connectivity index (χ4v) is 11.1. The van der Waals surface area contributed by atoms with E-state index in [1.807, 2.05) is 21.1 Å². The van der Waals surface area contributed by atoms with Crippen molar-refractivity contribution in [2.24, 2.45) is 0 Å². The third-order valence-electron chi connectivity index (χ3n) is 15.5. The van der Waals surface area contributed by atoms with Crippen molar-refractivity contribution in [3.05, 3.63) is 12.2 Å². The van der Waals surface area contributed by atoms with Gasteiger partial charge in [-0.25, -0.2) is 0 Å². The lowest BCUT2D eigenvalue weighted by Crippen LogP contribution is -2.46. The van der Waals surface area contributed by atoms with Crippen molar-refractivity contribution in [1.29, 1.82) is 0 Å². The largest absolute Gasteiger partial charge is 0.756 e. The van der Waals surface area contributed by atoms with Gasteiger partial charge in [0.25, 0.3) is 7.82 Å². The van der Waals surface area contributed by atoms with E-state index in [9.17, 15) is 19.4 Å². The Morgan fingerprint density at radius 3 is 1.05 bits per heavy atom. The molecule has 0 aromatic rings. The van der Waals surface area contributed by atoms with E-state index >= 15 is 0 Å². The zero-order valence-corrected chi connectivity index (χ0v) is 51.5. The molecule has 0 aliphatic carbocycles. The van der Waals surface area contributed by atoms with Gasteiger partial charge in [0.15, 0.2) is 0 Å². The fourth-order valence-electron chi connectivity index (χ4n) is 10.3. The molecule has 0 bridgehead atoms. The summed E-state index contributed by atoms with van der Waals surface area (Å²) in [6, 6.07) is -0.796. The van der Waals surface area contributed by atoms with E-state index in [0.29, 0.717) is 23.9 Å². The zero-order valence-electron chi connectivity index (χ0n) is 50.6. The van der Waals surface area contributed by atoms with Gasteiger partial charge in [0.2, 0.25) is 5.91 Å². The standard InChI is InChI=1S/C65H131N2O6P/c1-6-8-10-12-14-16-18-20-21-22-23-24-25-26-27-28-29-30-31-32-33-34-35-36-37-38-39-40-41-42-43-44-45-47-49-51-53-55-57-59-65(69)66-63(62-73-74(70,71)72-61-60-67(3,4)5)64(68)58-56-54-52-50-48-46-19-17-15-13-11-9-7-2/h32-33,63-64,68H,6-31,34-62H2,1-5H3,(H-,66,69,70,71)/b33-32-. The van der Waals surface area contributed by atoms with Crippen LogP contribution in [0.5, 0.6) is 0 Å². The van der Waals surface area contributed by atoms with Crippen LogP contribution in [0.15, 0.2) is 12.2 Å². The number of unbranched alkanes of at least 4 members (excludes halogenated alkanes) is 47. The number of carbonyl (C=O) groups is 1. The smallest absolute Gasteiger partial charge is 0.268 e. The van der Waals surface area contributed by atoms with E-state index in [2.05, 4.69) is 31.3 Å². The number of aliphatic hydroxyl groups is 1. The van der Waals surface area contributed by atoms with Crippen molar-refractivity contribution in [3.63, 3.8) is 0 Å². The quantitative estimate of drug-likeness (QED) is 0.0272. The van der Waals surface area contributed by atoms with Crippen LogP contribution in [0, 0.1) is 0 Å². The van der Waals surface area contributed by atoms with Crippen molar-refractivity contribution < 1.29 is 32.9 Å². The highest BCUT2D eigenvalue weighted by molar-refractivity contribution is 7.45.